The molecule has 2 atom stereocenters. The Bertz CT molecular complexity index is 562. The van der Waals surface area contributed by atoms with Crippen molar-refractivity contribution in [3.8, 4) is 0 Å². The van der Waals surface area contributed by atoms with Crippen LogP contribution in [0.3, 0.4) is 0 Å². The van der Waals surface area contributed by atoms with Gasteiger partial charge in [-0.2, -0.15) is 0 Å². The zero-order valence-corrected chi connectivity index (χ0v) is 15.8. The second kappa shape index (κ2) is 12.3. The minimum Gasteiger partial charge on any atom is -0.481 e. The van der Waals surface area contributed by atoms with Gasteiger partial charge in [-0.05, 0) is 56.1 Å². The van der Waals surface area contributed by atoms with Crippen molar-refractivity contribution in [3.05, 3.63) is 48.0 Å². The molecule has 0 aliphatic heterocycles. The van der Waals surface area contributed by atoms with Crippen LogP contribution in [0.5, 0.6) is 0 Å². The van der Waals surface area contributed by atoms with Crippen molar-refractivity contribution in [2.24, 2.45) is 11.8 Å². The van der Waals surface area contributed by atoms with Gasteiger partial charge in [-0.25, -0.2) is 0 Å². The lowest BCUT2D eigenvalue weighted by atomic mass is 9.87. The van der Waals surface area contributed by atoms with E-state index in [9.17, 15) is 19.8 Å². The minimum absolute atomic E-state index is 0.201. The summed E-state index contributed by atoms with van der Waals surface area (Å²) < 4.78 is 0. The first kappa shape index (κ1) is 21.9. The fourth-order valence-electron chi connectivity index (χ4n) is 3.21. The fourth-order valence-corrected chi connectivity index (χ4v) is 3.21. The van der Waals surface area contributed by atoms with Crippen LogP contribution in [-0.2, 0) is 22.4 Å². The number of hydrogen-bond donors (Lipinski definition) is 2. The highest BCUT2D eigenvalue weighted by molar-refractivity contribution is 5.73. The number of carbonyl (C=O) groups is 2. The van der Waals surface area contributed by atoms with Crippen LogP contribution in [0, 0.1) is 11.8 Å². The van der Waals surface area contributed by atoms with E-state index in [0.717, 1.165) is 37.7 Å². The quantitative estimate of drug-likeness (QED) is 0.357. The second-order valence-corrected chi connectivity index (χ2v) is 6.98. The molecular weight excluding hydrogens is 328 g/mol. The zero-order valence-electron chi connectivity index (χ0n) is 15.8. The predicted octanol–water partition coefficient (Wildman–Crippen LogP) is 5.11. The van der Waals surface area contributed by atoms with Gasteiger partial charge in [0.15, 0.2) is 0 Å². The minimum atomic E-state index is -0.898. The molecule has 0 amide bonds. The molecule has 4 nitrogen and oxygen atoms in total. The monoisotopic (exact) mass is 360 g/mol. The number of aliphatic carboxylic acids is 2. The summed E-state index contributed by atoms with van der Waals surface area (Å²) >= 11 is 0. The van der Waals surface area contributed by atoms with E-state index in [1.807, 2.05) is 18.2 Å². The van der Waals surface area contributed by atoms with Crippen molar-refractivity contribution in [3.63, 3.8) is 0 Å². The van der Waals surface area contributed by atoms with Crippen LogP contribution >= 0.6 is 0 Å². The van der Waals surface area contributed by atoms with E-state index in [4.69, 9.17) is 0 Å². The van der Waals surface area contributed by atoms with Crippen LogP contribution < -0.4 is 0 Å². The van der Waals surface area contributed by atoms with Crippen LogP contribution in [0.25, 0.3) is 0 Å². The first-order valence-electron chi connectivity index (χ1n) is 9.62. The number of benzene rings is 1. The fraction of sp³-hybridized carbons (Fsp3) is 0.545. The van der Waals surface area contributed by atoms with Crippen molar-refractivity contribution in [2.45, 2.75) is 64.7 Å². The van der Waals surface area contributed by atoms with Crippen LogP contribution in [0.4, 0.5) is 0 Å². The molecule has 0 spiro atoms. The highest BCUT2D eigenvalue weighted by Crippen LogP contribution is 2.24. The molecule has 0 bridgehead atoms. The third-order valence-corrected chi connectivity index (χ3v) is 4.82. The Morgan fingerprint density at radius 2 is 1.50 bits per heavy atom. The van der Waals surface area contributed by atoms with Crippen LogP contribution in [0.1, 0.15) is 63.0 Å². The Morgan fingerprint density at radius 1 is 0.962 bits per heavy atom. The van der Waals surface area contributed by atoms with Gasteiger partial charge in [0.2, 0.25) is 0 Å². The number of aryl methyl sites for hydroxylation is 2. The summed E-state index contributed by atoms with van der Waals surface area (Å²) in [6, 6.07) is 8.28. The van der Waals surface area contributed by atoms with Gasteiger partial charge >= 0.3 is 11.9 Å². The highest BCUT2D eigenvalue weighted by Gasteiger charge is 2.26. The molecule has 0 saturated heterocycles. The number of carboxylic acids is 2. The summed E-state index contributed by atoms with van der Waals surface area (Å²) in [7, 11) is 0. The van der Waals surface area contributed by atoms with Gasteiger partial charge in [0.05, 0.1) is 11.8 Å². The van der Waals surface area contributed by atoms with Crippen LogP contribution in [0.2, 0.25) is 0 Å². The summed E-state index contributed by atoms with van der Waals surface area (Å²) in [5.74, 6) is -3.00. The number of unbranched alkanes of at least 4 members (excludes halogenated alkanes) is 2. The van der Waals surface area contributed by atoms with Crippen molar-refractivity contribution in [1.29, 1.82) is 0 Å². The van der Waals surface area contributed by atoms with Gasteiger partial charge in [0.1, 0.15) is 0 Å². The zero-order chi connectivity index (χ0) is 19.4. The van der Waals surface area contributed by atoms with Crippen LogP contribution in [0.15, 0.2) is 36.9 Å². The lowest BCUT2D eigenvalue weighted by Gasteiger charge is -2.18. The Labute approximate surface area is 156 Å². The molecule has 4 heteroatoms. The SMILES string of the molecule is C=CCCCCC(C[C@@H](CCc1ccc(CCC)cc1)C(=O)O)C(=O)O. The summed E-state index contributed by atoms with van der Waals surface area (Å²) in [5, 5.41) is 18.9. The van der Waals surface area contributed by atoms with Gasteiger partial charge in [0.25, 0.3) is 0 Å². The van der Waals surface area contributed by atoms with Crippen molar-refractivity contribution < 1.29 is 19.8 Å². The Morgan fingerprint density at radius 3 is 2.00 bits per heavy atom. The number of rotatable bonds is 14. The molecule has 2 N–H and O–H groups in total. The topological polar surface area (TPSA) is 74.6 Å². The molecule has 1 unspecified atom stereocenters. The number of hydrogen-bond acceptors (Lipinski definition) is 2. The maximum atomic E-state index is 11.6. The molecule has 0 aliphatic carbocycles. The normalized spacial score (nSPS) is 13.1. The van der Waals surface area contributed by atoms with Gasteiger partial charge in [-0.1, -0.05) is 50.1 Å². The predicted molar refractivity (Wildman–Crippen MR) is 104 cm³/mol. The lowest BCUT2D eigenvalue weighted by molar-refractivity contribution is -0.146. The standard InChI is InChI=1S/C22H32O4/c1-3-5-6-7-9-19(21(23)24)16-20(22(25)26)15-14-18-12-10-17(8-4-2)11-13-18/h3,10-13,19-20H,1,4-9,14-16H2,2H3,(H,23,24)(H,25,26)/t19?,20-/m1/s1. The Balaban J connectivity index is 2.58. The van der Waals surface area contributed by atoms with E-state index in [1.165, 1.54) is 5.56 Å². The Hall–Kier alpha value is -2.10. The third-order valence-electron chi connectivity index (χ3n) is 4.82. The smallest absolute Gasteiger partial charge is 0.306 e. The molecule has 0 fully saturated rings. The molecule has 0 aromatic heterocycles. The molecule has 0 saturated carbocycles. The lowest BCUT2D eigenvalue weighted by Crippen LogP contribution is -2.23. The summed E-state index contributed by atoms with van der Waals surface area (Å²) in [6.45, 7) is 5.80. The van der Waals surface area contributed by atoms with Gasteiger partial charge in [-0.15, -0.1) is 6.58 Å². The third kappa shape index (κ3) is 8.32. The number of allylic oxidation sites excluding steroid dienone is 1. The van der Waals surface area contributed by atoms with Crippen LogP contribution in [-0.4, -0.2) is 22.2 Å². The van der Waals surface area contributed by atoms with Gasteiger partial charge < -0.3 is 10.2 Å². The first-order chi connectivity index (χ1) is 12.5. The van der Waals surface area contributed by atoms with Crippen molar-refractivity contribution in [2.75, 3.05) is 0 Å². The second-order valence-electron chi connectivity index (χ2n) is 6.98. The van der Waals surface area contributed by atoms with E-state index in [1.54, 1.807) is 0 Å². The average molecular weight is 360 g/mol. The molecule has 0 radical (unpaired) electrons. The van der Waals surface area contributed by atoms with E-state index in [0.29, 0.717) is 19.3 Å². The molecule has 1 aromatic rings. The molecule has 0 heterocycles. The first-order valence-corrected chi connectivity index (χ1v) is 9.62. The molecule has 0 aliphatic rings. The maximum Gasteiger partial charge on any atom is 0.306 e. The van der Waals surface area contributed by atoms with Crippen molar-refractivity contribution >= 4 is 11.9 Å². The summed E-state index contributed by atoms with van der Waals surface area (Å²) in [4.78, 5) is 23.1. The van der Waals surface area contributed by atoms with Gasteiger partial charge in [0, 0.05) is 0 Å². The molecular formula is C22H32O4. The van der Waals surface area contributed by atoms with E-state index >= 15 is 0 Å². The van der Waals surface area contributed by atoms with Crippen molar-refractivity contribution in [1.82, 2.24) is 0 Å². The van der Waals surface area contributed by atoms with E-state index < -0.39 is 23.8 Å². The maximum absolute atomic E-state index is 11.6. The van der Waals surface area contributed by atoms with Gasteiger partial charge in [-0.3, -0.25) is 9.59 Å². The van der Waals surface area contributed by atoms with E-state index in [-0.39, 0.29) is 6.42 Å². The largest absolute Gasteiger partial charge is 0.481 e. The number of carboxylic acid groups (broad SMARTS) is 2. The molecule has 1 rings (SSSR count). The summed E-state index contributed by atoms with van der Waals surface area (Å²) in [6.07, 6.45) is 8.37. The molecule has 144 valence electrons. The molecule has 26 heavy (non-hydrogen) atoms. The highest BCUT2D eigenvalue weighted by atomic mass is 16.4. The Kier molecular flexibility index (Phi) is 10.4. The molecule has 1 aromatic carbocycles. The summed E-state index contributed by atoms with van der Waals surface area (Å²) in [5.41, 5.74) is 2.39. The van der Waals surface area contributed by atoms with E-state index in [2.05, 4.69) is 25.6 Å². The average Bonchev–Trinajstić information content (AvgIpc) is 2.61.